The normalized spacial score (nSPS) is 10.8. The molecule has 2 aromatic carbocycles. The van der Waals surface area contributed by atoms with Gasteiger partial charge in [-0.05, 0) is 29.8 Å². The third-order valence-electron chi connectivity index (χ3n) is 2.97. The van der Waals surface area contributed by atoms with E-state index in [1.807, 2.05) is 0 Å². The maximum absolute atomic E-state index is 12.0. The van der Waals surface area contributed by atoms with Crippen molar-refractivity contribution < 1.29 is 14.6 Å². The fraction of sp³-hybridized carbons (Fsp3) is 0. The molecular formula is C15H9ClO4. The molecule has 1 heterocycles. The Morgan fingerprint density at radius 2 is 1.65 bits per heavy atom. The Balaban J connectivity index is 2.29. The Hall–Kier alpha value is -2.46. The topological polar surface area (TPSA) is 70.7 Å². The summed E-state index contributed by atoms with van der Waals surface area (Å²) in [5, 5.41) is 19.5. The maximum atomic E-state index is 12.0. The predicted molar refractivity (Wildman–Crippen MR) is 76.3 cm³/mol. The molecule has 0 aliphatic rings. The highest BCUT2D eigenvalue weighted by Crippen LogP contribution is 2.30. The van der Waals surface area contributed by atoms with E-state index in [9.17, 15) is 15.0 Å². The Morgan fingerprint density at radius 3 is 2.35 bits per heavy atom. The standard InChI is InChI=1S/C15H9ClO4/c16-13-5-10(18)6-14-12(13)7-11(15(19)20-14)8-1-3-9(17)4-2-8/h1-7,17-18H. The lowest BCUT2D eigenvalue weighted by atomic mass is 10.1. The number of fused-ring (bicyclic) bond motifs is 1. The third-order valence-corrected chi connectivity index (χ3v) is 3.28. The van der Waals surface area contributed by atoms with Gasteiger partial charge in [-0.3, -0.25) is 0 Å². The van der Waals surface area contributed by atoms with E-state index in [1.54, 1.807) is 18.2 Å². The van der Waals surface area contributed by atoms with E-state index in [0.29, 0.717) is 21.5 Å². The van der Waals surface area contributed by atoms with E-state index in [4.69, 9.17) is 16.0 Å². The second kappa shape index (κ2) is 4.58. The number of aromatic hydroxyl groups is 2. The van der Waals surface area contributed by atoms with Crippen LogP contribution < -0.4 is 5.63 Å². The van der Waals surface area contributed by atoms with Gasteiger partial charge in [-0.15, -0.1) is 0 Å². The molecule has 0 amide bonds. The first-order valence-corrected chi connectivity index (χ1v) is 6.18. The smallest absolute Gasteiger partial charge is 0.344 e. The van der Waals surface area contributed by atoms with Crippen molar-refractivity contribution in [2.75, 3.05) is 0 Å². The second-order valence-electron chi connectivity index (χ2n) is 4.33. The molecule has 0 unspecified atom stereocenters. The average Bonchev–Trinajstić information content (AvgIpc) is 2.39. The van der Waals surface area contributed by atoms with Crippen molar-refractivity contribution in [2.24, 2.45) is 0 Å². The predicted octanol–water partition coefficient (Wildman–Crippen LogP) is 3.52. The summed E-state index contributed by atoms with van der Waals surface area (Å²) in [5.74, 6) is 0.0462. The lowest BCUT2D eigenvalue weighted by Gasteiger charge is -2.05. The van der Waals surface area contributed by atoms with Crippen LogP contribution in [-0.4, -0.2) is 10.2 Å². The van der Waals surface area contributed by atoms with Crippen LogP contribution in [0.3, 0.4) is 0 Å². The molecule has 0 aliphatic carbocycles. The summed E-state index contributed by atoms with van der Waals surface area (Å²) in [6.07, 6.45) is 0. The van der Waals surface area contributed by atoms with Crippen LogP contribution in [0.5, 0.6) is 11.5 Å². The summed E-state index contributed by atoms with van der Waals surface area (Å²) in [6.45, 7) is 0. The molecule has 4 nitrogen and oxygen atoms in total. The van der Waals surface area contributed by atoms with E-state index < -0.39 is 5.63 Å². The van der Waals surface area contributed by atoms with Gasteiger partial charge in [-0.25, -0.2) is 4.79 Å². The summed E-state index contributed by atoms with van der Waals surface area (Å²) in [7, 11) is 0. The first-order valence-electron chi connectivity index (χ1n) is 5.80. The van der Waals surface area contributed by atoms with Gasteiger partial charge in [0.2, 0.25) is 0 Å². The number of phenols is 2. The lowest BCUT2D eigenvalue weighted by Crippen LogP contribution is -2.02. The fourth-order valence-corrected chi connectivity index (χ4v) is 2.26. The SMILES string of the molecule is O=c1oc2cc(O)cc(Cl)c2cc1-c1ccc(O)cc1. The highest BCUT2D eigenvalue weighted by molar-refractivity contribution is 6.35. The number of phenolic OH excluding ortho intramolecular Hbond substituents is 2. The Morgan fingerprint density at radius 1 is 0.950 bits per heavy atom. The van der Waals surface area contributed by atoms with Crippen molar-refractivity contribution in [1.29, 1.82) is 0 Å². The molecule has 2 N–H and O–H groups in total. The molecule has 0 aliphatic heterocycles. The van der Waals surface area contributed by atoms with Crippen molar-refractivity contribution in [2.45, 2.75) is 0 Å². The zero-order valence-corrected chi connectivity index (χ0v) is 10.9. The Bertz CT molecular complexity index is 850. The van der Waals surface area contributed by atoms with Crippen molar-refractivity contribution in [3.63, 3.8) is 0 Å². The molecule has 0 spiro atoms. The minimum absolute atomic E-state index is 0.0666. The zero-order valence-electron chi connectivity index (χ0n) is 10.1. The molecule has 0 atom stereocenters. The van der Waals surface area contributed by atoms with E-state index >= 15 is 0 Å². The van der Waals surface area contributed by atoms with E-state index in [2.05, 4.69) is 0 Å². The summed E-state index contributed by atoms with van der Waals surface area (Å²) >= 11 is 6.04. The molecule has 20 heavy (non-hydrogen) atoms. The Kier molecular flexibility index (Phi) is 2.88. The molecule has 3 rings (SSSR count). The minimum Gasteiger partial charge on any atom is -0.508 e. The van der Waals surface area contributed by atoms with Crippen LogP contribution in [0.2, 0.25) is 5.02 Å². The van der Waals surface area contributed by atoms with Gasteiger partial charge >= 0.3 is 5.63 Å². The van der Waals surface area contributed by atoms with Crippen LogP contribution in [0.15, 0.2) is 51.7 Å². The number of hydrogen-bond acceptors (Lipinski definition) is 4. The van der Waals surface area contributed by atoms with Crippen LogP contribution >= 0.6 is 11.6 Å². The van der Waals surface area contributed by atoms with Crippen LogP contribution in [0.1, 0.15) is 0 Å². The van der Waals surface area contributed by atoms with Gasteiger partial charge in [-0.2, -0.15) is 0 Å². The molecule has 0 saturated heterocycles. The number of benzene rings is 2. The molecule has 5 heteroatoms. The molecule has 0 saturated carbocycles. The van der Waals surface area contributed by atoms with Crippen molar-refractivity contribution in [3.05, 3.63) is 57.9 Å². The first-order chi connectivity index (χ1) is 9.54. The average molecular weight is 289 g/mol. The van der Waals surface area contributed by atoms with Crippen LogP contribution in [0.4, 0.5) is 0 Å². The van der Waals surface area contributed by atoms with Crippen LogP contribution in [-0.2, 0) is 0 Å². The van der Waals surface area contributed by atoms with Gasteiger partial charge in [0.05, 0.1) is 10.6 Å². The molecule has 0 radical (unpaired) electrons. The van der Waals surface area contributed by atoms with E-state index in [1.165, 1.54) is 24.3 Å². The number of rotatable bonds is 1. The van der Waals surface area contributed by atoms with Gasteiger partial charge in [0.25, 0.3) is 0 Å². The molecule has 0 fully saturated rings. The molecule has 0 bridgehead atoms. The molecule has 3 aromatic rings. The van der Waals surface area contributed by atoms with Crippen LogP contribution in [0.25, 0.3) is 22.1 Å². The van der Waals surface area contributed by atoms with Crippen LogP contribution in [0, 0.1) is 0 Å². The third kappa shape index (κ3) is 2.10. The molecule has 1 aromatic heterocycles. The maximum Gasteiger partial charge on any atom is 0.344 e. The van der Waals surface area contributed by atoms with Crippen molar-refractivity contribution in [3.8, 4) is 22.6 Å². The van der Waals surface area contributed by atoms with E-state index in [-0.39, 0.29) is 17.1 Å². The summed E-state index contributed by atoms with van der Waals surface area (Å²) in [4.78, 5) is 12.0. The summed E-state index contributed by atoms with van der Waals surface area (Å²) < 4.78 is 5.18. The lowest BCUT2D eigenvalue weighted by molar-refractivity contribution is 0.473. The molecular weight excluding hydrogens is 280 g/mol. The summed E-state index contributed by atoms with van der Waals surface area (Å²) in [5.41, 5.74) is 0.639. The summed E-state index contributed by atoms with van der Waals surface area (Å²) in [6, 6.07) is 10.5. The first kappa shape index (κ1) is 12.6. The Labute approximate surface area is 118 Å². The highest BCUT2D eigenvalue weighted by atomic mass is 35.5. The zero-order chi connectivity index (χ0) is 14.3. The largest absolute Gasteiger partial charge is 0.508 e. The van der Waals surface area contributed by atoms with Crippen molar-refractivity contribution in [1.82, 2.24) is 0 Å². The fourth-order valence-electron chi connectivity index (χ4n) is 2.00. The van der Waals surface area contributed by atoms with Gasteiger partial charge < -0.3 is 14.6 Å². The minimum atomic E-state index is -0.537. The molecule has 100 valence electrons. The van der Waals surface area contributed by atoms with Gasteiger partial charge in [0, 0.05) is 11.5 Å². The van der Waals surface area contributed by atoms with Gasteiger partial charge in [0.1, 0.15) is 17.1 Å². The highest BCUT2D eigenvalue weighted by Gasteiger charge is 2.11. The van der Waals surface area contributed by atoms with E-state index in [0.717, 1.165) is 0 Å². The number of halogens is 1. The van der Waals surface area contributed by atoms with Gasteiger partial charge in [-0.1, -0.05) is 23.7 Å². The number of hydrogen-bond donors (Lipinski definition) is 2. The van der Waals surface area contributed by atoms with Gasteiger partial charge in [0.15, 0.2) is 0 Å². The monoisotopic (exact) mass is 288 g/mol. The quantitative estimate of drug-likeness (QED) is 0.672. The second-order valence-corrected chi connectivity index (χ2v) is 4.74. The van der Waals surface area contributed by atoms with Crippen molar-refractivity contribution >= 4 is 22.6 Å².